The zero-order chi connectivity index (χ0) is 61.5. The monoisotopic (exact) mass is 1220 g/mol. The molecule has 6 heteroatoms. The molecule has 3 unspecified atom stereocenters. The predicted molar refractivity (Wildman–Crippen MR) is 389 cm³/mol. The van der Waals surface area contributed by atoms with Crippen molar-refractivity contribution in [2.24, 2.45) is 5.92 Å². The third-order valence-electron chi connectivity index (χ3n) is 21.3. The molecule has 0 saturated heterocycles. The molecule has 3 heterocycles. The van der Waals surface area contributed by atoms with Crippen molar-refractivity contribution in [2.45, 2.75) is 113 Å². The van der Waals surface area contributed by atoms with E-state index in [9.17, 15) is 0 Å². The molecule has 16 rings (SSSR count). The van der Waals surface area contributed by atoms with E-state index in [1.54, 1.807) is 0 Å². The Morgan fingerprint density at radius 2 is 1.03 bits per heavy atom. The number of para-hydroxylation sites is 1. The highest BCUT2D eigenvalue weighted by molar-refractivity contribution is 8.37. The fourth-order valence-corrected chi connectivity index (χ4v) is 24.9. The molecule has 5 aliphatic rings. The summed E-state index contributed by atoms with van der Waals surface area (Å²) in [5.41, 5.74) is 19.2. The summed E-state index contributed by atoms with van der Waals surface area (Å²) in [7, 11) is -3.71. The quantitative estimate of drug-likeness (QED) is 0.100. The lowest BCUT2D eigenvalue weighted by Crippen LogP contribution is -2.64. The van der Waals surface area contributed by atoms with Gasteiger partial charge in [0.25, 0.3) is 6.71 Å². The van der Waals surface area contributed by atoms with Gasteiger partial charge in [0.1, 0.15) is 0 Å². The summed E-state index contributed by atoms with van der Waals surface area (Å²) in [6.45, 7) is 12.2. The first kappa shape index (κ1) is 57.2. The van der Waals surface area contributed by atoms with Crippen molar-refractivity contribution in [3.8, 4) is 0 Å². The maximum absolute atomic E-state index is 2.89. The van der Waals surface area contributed by atoms with Crippen LogP contribution >= 0.6 is 20.1 Å². The first-order valence-corrected chi connectivity index (χ1v) is 36.4. The molecule has 3 nitrogen and oxygen atoms in total. The van der Waals surface area contributed by atoms with E-state index in [-0.39, 0.29) is 17.7 Å². The minimum atomic E-state index is -1.93. The number of allylic oxidation sites excluding steroid dienone is 4. The maximum Gasteiger partial charge on any atom is 0.252 e. The van der Waals surface area contributed by atoms with Gasteiger partial charge in [-0.1, -0.05) is 202 Å². The van der Waals surface area contributed by atoms with E-state index < -0.39 is 20.1 Å². The Kier molecular flexibility index (Phi) is 14.3. The number of aryl methyl sites for hydroxylation is 3. The zero-order valence-electron chi connectivity index (χ0n) is 53.0. The van der Waals surface area contributed by atoms with Crippen molar-refractivity contribution >= 4 is 88.7 Å². The second-order valence-corrected chi connectivity index (χ2v) is 32.9. The fraction of sp³-hybridized carbons (Fsp3) is 0.176. The highest BCUT2D eigenvalue weighted by Crippen LogP contribution is 2.76. The molecule has 1 fully saturated rings. The number of hydrogen-bond acceptors (Lipinski definition) is 3. The highest BCUT2D eigenvalue weighted by Gasteiger charge is 2.61. The molecule has 0 aromatic heterocycles. The lowest BCUT2D eigenvalue weighted by Gasteiger charge is -2.53. The molecule has 1 saturated carbocycles. The van der Waals surface area contributed by atoms with Gasteiger partial charge in [0.15, 0.2) is 0 Å². The van der Waals surface area contributed by atoms with Gasteiger partial charge in [-0.25, -0.2) is 0 Å². The Morgan fingerprint density at radius 1 is 0.495 bits per heavy atom. The minimum absolute atomic E-state index is 0.0371. The summed E-state index contributed by atoms with van der Waals surface area (Å²) in [4.78, 5) is 17.8. The molecule has 3 atom stereocenters. The van der Waals surface area contributed by atoms with E-state index in [2.05, 4.69) is 341 Å². The van der Waals surface area contributed by atoms with Crippen LogP contribution in [0.5, 0.6) is 0 Å². The van der Waals surface area contributed by atoms with Crippen LogP contribution in [0.1, 0.15) is 75.1 Å². The normalized spacial score (nSPS) is 19.0. The standard InChI is InChI=1S/C85H78BN3S2/c1-61-40-43-67(44-41-61)88-78-53-42-62(2)58-77(78)86-76-38-25-37-75-83(76)89(85(5)56-24-23-55-84(75,85)4)80-60-68(59-79(88)82(80)86)87(66-47-51-74(52-48-66)91(72-33-17-9-18-34-72,73-35-19-10-20-36-73)81-39-22-21-26-63(81)3)65-45-49-71(50-46-65)90(69-29-13-7-14-30-69,70-31-15-8-16-32-70)57-54-64-27-11-6-12-28-64/h6-22,25,27-53,58-60,63H,23-24,26,54-57H2,1-5H3. The van der Waals surface area contributed by atoms with Crippen LogP contribution in [0.15, 0.2) is 325 Å². The topological polar surface area (TPSA) is 9.72 Å². The average molecular weight is 1220 g/mol. The first-order chi connectivity index (χ1) is 44.6. The van der Waals surface area contributed by atoms with Crippen molar-refractivity contribution in [3.63, 3.8) is 0 Å². The van der Waals surface area contributed by atoms with Crippen molar-refractivity contribution in [1.82, 2.24) is 0 Å². The Morgan fingerprint density at radius 3 is 1.65 bits per heavy atom. The lowest BCUT2D eigenvalue weighted by molar-refractivity contribution is 0.195. The van der Waals surface area contributed by atoms with Crippen molar-refractivity contribution in [1.29, 1.82) is 0 Å². The number of nitrogens with zero attached hydrogens (tertiary/aromatic N) is 3. The molecular formula is C85H78BN3S2. The van der Waals surface area contributed by atoms with Gasteiger partial charge in [0, 0.05) is 59.9 Å². The zero-order valence-corrected chi connectivity index (χ0v) is 54.6. The van der Waals surface area contributed by atoms with Gasteiger partial charge in [0.2, 0.25) is 0 Å². The van der Waals surface area contributed by atoms with Gasteiger partial charge >= 0.3 is 0 Å². The molecule has 0 N–H and O–H groups in total. The van der Waals surface area contributed by atoms with Gasteiger partial charge in [-0.3, -0.25) is 0 Å². The van der Waals surface area contributed by atoms with Gasteiger partial charge in [-0.15, -0.1) is 10.0 Å². The van der Waals surface area contributed by atoms with E-state index in [0.717, 1.165) is 42.1 Å². The fourth-order valence-electron chi connectivity index (χ4n) is 16.7. The molecule has 11 aromatic rings. The summed E-state index contributed by atoms with van der Waals surface area (Å²) < 4.78 is 0. The lowest BCUT2D eigenvalue weighted by atomic mass is 9.33. The second-order valence-electron chi connectivity index (χ2n) is 26.5. The second kappa shape index (κ2) is 22.8. The van der Waals surface area contributed by atoms with Gasteiger partial charge in [-0.05, 0) is 233 Å². The van der Waals surface area contributed by atoms with E-state index in [1.165, 1.54) is 121 Å². The largest absolute Gasteiger partial charge is 0.335 e. The SMILES string of the molecule is Cc1ccc(N2c3ccc(C)cc3B3c4cccc5c4N(c4cc(N(c6ccc(S(CCc7ccccc7)(c7ccccc7)c7ccccc7)cc6)c6ccc(S(C7=CC=CCC7C)(c7ccccc7)c7ccccc7)cc6)cc2c43)C2(C)CCCCC52C)cc1. The number of hydrogen-bond donors (Lipinski definition) is 0. The predicted octanol–water partition coefficient (Wildman–Crippen LogP) is 21.4. The number of anilines is 8. The summed E-state index contributed by atoms with van der Waals surface area (Å²) >= 11 is 0. The van der Waals surface area contributed by atoms with E-state index in [0.29, 0.717) is 5.92 Å². The van der Waals surface area contributed by atoms with Gasteiger partial charge < -0.3 is 14.7 Å². The Balaban J connectivity index is 0.964. The maximum atomic E-state index is 2.89. The van der Waals surface area contributed by atoms with Gasteiger partial charge in [0.05, 0.1) is 11.2 Å². The summed E-state index contributed by atoms with van der Waals surface area (Å²) in [5, 5.41) is 0. The molecule has 2 aliphatic carbocycles. The minimum Gasteiger partial charge on any atom is -0.335 e. The average Bonchev–Trinajstić information content (AvgIpc) is 1.54. The molecule has 11 aromatic carbocycles. The van der Waals surface area contributed by atoms with Gasteiger partial charge in [-0.2, -0.15) is 10.0 Å². The van der Waals surface area contributed by atoms with E-state index in [4.69, 9.17) is 0 Å². The molecule has 0 amide bonds. The number of rotatable bonds is 14. The smallest absolute Gasteiger partial charge is 0.252 e. The van der Waals surface area contributed by atoms with Crippen LogP contribution in [0.2, 0.25) is 0 Å². The third-order valence-corrected chi connectivity index (χ3v) is 29.6. The highest BCUT2D eigenvalue weighted by atomic mass is 32.3. The number of fused-ring (bicyclic) bond motifs is 7. The number of benzene rings is 11. The third kappa shape index (κ3) is 9.02. The molecule has 3 aliphatic heterocycles. The Hall–Kier alpha value is -8.94. The Labute approximate surface area is 543 Å². The van der Waals surface area contributed by atoms with Crippen LogP contribution in [-0.4, -0.2) is 18.0 Å². The van der Waals surface area contributed by atoms with E-state index in [1.807, 2.05) is 0 Å². The van der Waals surface area contributed by atoms with E-state index >= 15 is 0 Å². The van der Waals surface area contributed by atoms with Crippen molar-refractivity contribution in [3.05, 3.63) is 318 Å². The molecule has 91 heavy (non-hydrogen) atoms. The van der Waals surface area contributed by atoms with Crippen LogP contribution in [0.4, 0.5) is 45.5 Å². The van der Waals surface area contributed by atoms with Crippen LogP contribution in [0.25, 0.3) is 0 Å². The van der Waals surface area contributed by atoms with Crippen molar-refractivity contribution in [2.75, 3.05) is 20.5 Å². The van der Waals surface area contributed by atoms with Crippen LogP contribution < -0.4 is 31.1 Å². The van der Waals surface area contributed by atoms with Crippen LogP contribution in [0, 0.1) is 19.8 Å². The molecule has 0 bridgehead atoms. The summed E-state index contributed by atoms with van der Waals surface area (Å²) in [6.07, 6.45) is 13.8. The first-order valence-electron chi connectivity index (χ1n) is 32.9. The van der Waals surface area contributed by atoms with Crippen LogP contribution in [0.3, 0.4) is 0 Å². The van der Waals surface area contributed by atoms with Crippen LogP contribution in [-0.2, 0) is 11.8 Å². The molecular weight excluding hydrogens is 1140 g/mol. The molecule has 448 valence electrons. The summed E-state index contributed by atoms with van der Waals surface area (Å²) in [5.74, 6) is 1.34. The molecule has 0 radical (unpaired) electrons. The Bertz CT molecular complexity index is 4490. The van der Waals surface area contributed by atoms with Crippen molar-refractivity contribution < 1.29 is 0 Å². The molecule has 0 spiro atoms. The summed E-state index contributed by atoms with van der Waals surface area (Å²) in [6, 6.07) is 106.